The Balaban J connectivity index is 1.86. The second-order valence-corrected chi connectivity index (χ2v) is 15.6. The van der Waals surface area contributed by atoms with Crippen LogP contribution in [0.15, 0.2) is 54.6 Å². The normalized spacial score (nSPS) is 12.0. The van der Waals surface area contributed by atoms with Crippen LogP contribution in [0.25, 0.3) is 0 Å². The summed E-state index contributed by atoms with van der Waals surface area (Å²) in [6.45, 7) is 17.8. The van der Waals surface area contributed by atoms with Crippen LogP contribution >= 0.6 is 0 Å². The zero-order valence-corrected chi connectivity index (χ0v) is 32.7. The summed E-state index contributed by atoms with van der Waals surface area (Å²) in [5.74, 6) is 2.36. The van der Waals surface area contributed by atoms with Gasteiger partial charge in [-0.3, -0.25) is 0 Å². The highest BCUT2D eigenvalue weighted by Gasteiger charge is 2.29. The summed E-state index contributed by atoms with van der Waals surface area (Å²) in [7, 11) is 0. The van der Waals surface area contributed by atoms with Gasteiger partial charge in [0.2, 0.25) is 0 Å². The first-order valence-electron chi connectivity index (χ1n) is 19.9. The van der Waals surface area contributed by atoms with Crippen LogP contribution in [-0.4, -0.2) is 16.3 Å². The summed E-state index contributed by atoms with van der Waals surface area (Å²) in [5, 5.41) is 11.3. The van der Waals surface area contributed by atoms with Gasteiger partial charge in [-0.25, -0.2) is 0 Å². The molecule has 3 aromatic rings. The highest BCUT2D eigenvalue weighted by molar-refractivity contribution is 5.44. The van der Waals surface area contributed by atoms with Crippen molar-refractivity contribution < 1.29 is 14.6 Å². The van der Waals surface area contributed by atoms with Crippen molar-refractivity contribution in [2.24, 2.45) is 0 Å². The summed E-state index contributed by atoms with van der Waals surface area (Å²) in [6.07, 6.45) is 20.3. The van der Waals surface area contributed by atoms with Crippen LogP contribution in [0.1, 0.15) is 166 Å². The molecule has 3 rings (SSSR count). The summed E-state index contributed by atoms with van der Waals surface area (Å²) in [5.41, 5.74) is 6.73. The van der Waals surface area contributed by atoms with Crippen LogP contribution in [0.5, 0.6) is 17.2 Å². The molecular weight excluding hydrogens is 601 g/mol. The van der Waals surface area contributed by atoms with Gasteiger partial charge in [0.15, 0.2) is 0 Å². The van der Waals surface area contributed by atoms with E-state index in [1.165, 1.54) is 99.3 Å². The van der Waals surface area contributed by atoms with E-state index < -0.39 is 11.2 Å². The molecule has 272 valence electrons. The van der Waals surface area contributed by atoms with E-state index >= 15 is 0 Å². The molecule has 0 atom stereocenters. The molecule has 0 aliphatic carbocycles. The summed E-state index contributed by atoms with van der Waals surface area (Å²) >= 11 is 0. The maximum Gasteiger partial charge on any atom is 0.123 e. The van der Waals surface area contributed by atoms with E-state index in [0.717, 1.165) is 48.3 Å². The molecular formula is C46H70O3. The molecule has 0 spiro atoms. The predicted octanol–water partition coefficient (Wildman–Crippen LogP) is 13.1. The number of ether oxygens (including phenoxy) is 2. The quantitative estimate of drug-likeness (QED) is 0.0964. The van der Waals surface area contributed by atoms with Crippen molar-refractivity contribution in [1.82, 2.24) is 0 Å². The second-order valence-electron chi connectivity index (χ2n) is 15.6. The lowest BCUT2D eigenvalue weighted by Gasteiger charge is -2.32. The van der Waals surface area contributed by atoms with E-state index in [2.05, 4.69) is 97.9 Å². The molecule has 0 unspecified atom stereocenters. The highest BCUT2D eigenvalue weighted by Crippen LogP contribution is 2.36. The molecule has 0 saturated carbocycles. The highest BCUT2D eigenvalue weighted by atomic mass is 16.5. The second kappa shape index (κ2) is 20.7. The van der Waals surface area contributed by atoms with Crippen LogP contribution in [-0.2, 0) is 38.5 Å². The van der Waals surface area contributed by atoms with Crippen molar-refractivity contribution in [2.75, 3.05) is 0 Å². The Morgan fingerprint density at radius 3 is 1.29 bits per heavy atom. The molecule has 0 bridgehead atoms. The minimum absolute atomic E-state index is 0.333. The molecule has 3 aromatic carbocycles. The Kier molecular flexibility index (Phi) is 17.1. The van der Waals surface area contributed by atoms with Crippen molar-refractivity contribution in [3.63, 3.8) is 0 Å². The van der Waals surface area contributed by atoms with Crippen LogP contribution in [0, 0.1) is 0 Å². The molecule has 0 aliphatic heterocycles. The van der Waals surface area contributed by atoms with Crippen molar-refractivity contribution >= 4 is 0 Å². The van der Waals surface area contributed by atoms with Gasteiger partial charge in [0.1, 0.15) is 28.5 Å². The van der Waals surface area contributed by atoms with E-state index in [9.17, 15) is 5.11 Å². The van der Waals surface area contributed by atoms with Crippen LogP contribution < -0.4 is 9.47 Å². The van der Waals surface area contributed by atoms with Gasteiger partial charge >= 0.3 is 0 Å². The number of aryl methyl sites for hydroxylation is 2. The first-order chi connectivity index (χ1) is 23.5. The zero-order chi connectivity index (χ0) is 35.7. The number of phenolic OH excluding ortho intramolecular Hbond substituents is 1. The van der Waals surface area contributed by atoms with E-state index in [1.54, 1.807) is 0 Å². The van der Waals surface area contributed by atoms with Gasteiger partial charge in [-0.05, 0) is 125 Å². The van der Waals surface area contributed by atoms with Crippen molar-refractivity contribution in [1.29, 1.82) is 0 Å². The molecule has 0 fully saturated rings. The Morgan fingerprint density at radius 2 is 0.837 bits per heavy atom. The number of unbranched alkanes of at least 4 members (excludes halogenated alkanes) is 8. The molecule has 1 N–H and O–H groups in total. The smallest absolute Gasteiger partial charge is 0.123 e. The molecule has 0 amide bonds. The van der Waals surface area contributed by atoms with Crippen LogP contribution in [0.4, 0.5) is 0 Å². The SMILES string of the molecule is CCCCCc1cccc(OC(C)(C)Cc2cccc(O)c2CC(C)(C)Oc2cccc(CCCCC)c2CCCCC)c1CCCCC. The third-order valence-corrected chi connectivity index (χ3v) is 9.86. The van der Waals surface area contributed by atoms with Gasteiger partial charge in [-0.2, -0.15) is 0 Å². The summed E-state index contributed by atoms with van der Waals surface area (Å²) in [4.78, 5) is 0. The van der Waals surface area contributed by atoms with E-state index in [-0.39, 0.29) is 0 Å². The molecule has 0 aromatic heterocycles. The van der Waals surface area contributed by atoms with Gasteiger partial charge in [0.25, 0.3) is 0 Å². The predicted molar refractivity (Wildman–Crippen MR) is 211 cm³/mol. The van der Waals surface area contributed by atoms with E-state index in [1.807, 2.05) is 12.1 Å². The number of hydrogen-bond acceptors (Lipinski definition) is 3. The average Bonchev–Trinajstić information content (AvgIpc) is 3.05. The standard InChI is InChI=1S/C46H70O3/c1-9-13-17-24-36-26-22-32-43(39(36)29-19-15-11-3)48-45(5,6)34-38-28-21-31-42(47)41(38)35-46(7,8)49-44-33-23-27-37(25-18-14-10-2)40(44)30-20-16-12-4/h21-23,26-28,31-33,47H,9-20,24-25,29-30,34-35H2,1-8H3. The van der Waals surface area contributed by atoms with Gasteiger partial charge < -0.3 is 14.6 Å². The summed E-state index contributed by atoms with van der Waals surface area (Å²) in [6, 6.07) is 19.2. The fourth-order valence-electron chi connectivity index (χ4n) is 7.23. The molecule has 0 saturated heterocycles. The number of rotatable bonds is 24. The van der Waals surface area contributed by atoms with Gasteiger partial charge in [-0.15, -0.1) is 0 Å². The van der Waals surface area contributed by atoms with E-state index in [0.29, 0.717) is 18.6 Å². The fraction of sp³-hybridized carbons (Fsp3) is 0.609. The maximum atomic E-state index is 11.3. The van der Waals surface area contributed by atoms with Gasteiger partial charge in [-0.1, -0.05) is 115 Å². The third kappa shape index (κ3) is 13.4. The van der Waals surface area contributed by atoms with E-state index in [4.69, 9.17) is 9.47 Å². The Labute approximate surface area is 301 Å². The molecule has 3 heteroatoms. The molecule has 3 nitrogen and oxygen atoms in total. The minimum Gasteiger partial charge on any atom is -0.508 e. The lowest BCUT2D eigenvalue weighted by atomic mass is 9.88. The molecule has 49 heavy (non-hydrogen) atoms. The van der Waals surface area contributed by atoms with Gasteiger partial charge in [0.05, 0.1) is 0 Å². The van der Waals surface area contributed by atoms with Crippen LogP contribution in [0.2, 0.25) is 0 Å². The monoisotopic (exact) mass is 671 g/mol. The minimum atomic E-state index is -0.514. The summed E-state index contributed by atoms with van der Waals surface area (Å²) < 4.78 is 13.9. The lowest BCUT2D eigenvalue weighted by Crippen LogP contribution is -2.34. The first-order valence-corrected chi connectivity index (χ1v) is 19.9. The first kappa shape index (κ1) is 40.5. The Hall–Kier alpha value is -2.94. The maximum absolute atomic E-state index is 11.3. The van der Waals surface area contributed by atoms with Gasteiger partial charge in [0, 0.05) is 18.4 Å². The van der Waals surface area contributed by atoms with Crippen molar-refractivity contribution in [3.8, 4) is 17.2 Å². The molecule has 0 heterocycles. The number of aromatic hydroxyl groups is 1. The molecule has 0 aliphatic rings. The third-order valence-electron chi connectivity index (χ3n) is 9.86. The Morgan fingerprint density at radius 1 is 0.449 bits per heavy atom. The number of phenols is 1. The topological polar surface area (TPSA) is 38.7 Å². The van der Waals surface area contributed by atoms with Crippen molar-refractivity contribution in [3.05, 3.63) is 88.0 Å². The van der Waals surface area contributed by atoms with Crippen molar-refractivity contribution in [2.45, 2.75) is 182 Å². The zero-order valence-electron chi connectivity index (χ0n) is 32.7. The largest absolute Gasteiger partial charge is 0.508 e. The lowest BCUT2D eigenvalue weighted by molar-refractivity contribution is 0.101. The average molecular weight is 671 g/mol. The molecule has 0 radical (unpaired) electrons. The fourth-order valence-corrected chi connectivity index (χ4v) is 7.23. The van der Waals surface area contributed by atoms with Crippen LogP contribution in [0.3, 0.4) is 0 Å². The number of benzene rings is 3. The number of hydrogen-bond donors (Lipinski definition) is 1. The Bertz CT molecular complexity index is 1390.